The standard InChI is InChI=1S/C27H48N4O3.2C22H40N4O.2CH4/c1-8-27(20-33-9-2)14-12-21(13-15-27)24-22(28-31-16-10-11-23(24)31)19-29(6)17-18-30(7)25(32)34-26(3,4)5;2*1-5-22(17-27-6-2)11-9-18(10-12-22)21-19(16-25(4)15-13-23-3)24-26-14-7-8-20(21)26;;/h21H,8-20H2,1-7H3;2*18,23H,5-17H2,1-4H3;2*1H4. The number of aromatic nitrogens is 6. The molecule has 90 heavy (non-hydrogen) atoms. The molecule has 6 heterocycles. The van der Waals surface area contributed by atoms with Gasteiger partial charge in [0.1, 0.15) is 5.60 Å². The first-order valence-electron chi connectivity index (χ1n) is 35.6. The van der Waals surface area contributed by atoms with E-state index in [-0.39, 0.29) is 20.9 Å². The van der Waals surface area contributed by atoms with Gasteiger partial charge in [-0.25, -0.2) is 4.79 Å². The summed E-state index contributed by atoms with van der Waals surface area (Å²) in [5.41, 5.74) is 14.0. The normalized spacial score (nSPS) is 23.8. The van der Waals surface area contributed by atoms with Gasteiger partial charge in [0.15, 0.2) is 0 Å². The molecular formula is C73H136N12O5. The van der Waals surface area contributed by atoms with Gasteiger partial charge in [-0.2, -0.15) is 15.3 Å². The molecule has 0 aromatic carbocycles. The van der Waals surface area contributed by atoms with E-state index < -0.39 is 5.60 Å². The molecule has 3 fully saturated rings. The van der Waals surface area contributed by atoms with Crippen molar-refractivity contribution >= 4 is 6.09 Å². The zero-order valence-corrected chi connectivity index (χ0v) is 58.8. The van der Waals surface area contributed by atoms with Crippen molar-refractivity contribution in [2.75, 3.05) is 121 Å². The van der Waals surface area contributed by atoms with Crippen molar-refractivity contribution in [2.24, 2.45) is 16.2 Å². The lowest BCUT2D eigenvalue weighted by Gasteiger charge is -2.40. The Morgan fingerprint density at radius 2 is 0.800 bits per heavy atom. The second-order valence-electron chi connectivity index (χ2n) is 29.0. The first kappa shape index (κ1) is 77.3. The zero-order chi connectivity index (χ0) is 63.5. The Hall–Kier alpha value is -3.42. The lowest BCUT2D eigenvalue weighted by molar-refractivity contribution is 0.0192. The molecule has 0 radical (unpaired) electrons. The second-order valence-corrected chi connectivity index (χ2v) is 29.0. The monoisotopic (exact) mass is 1260 g/mol. The minimum Gasteiger partial charge on any atom is -0.444 e. The number of hydrogen-bond donors (Lipinski definition) is 2. The van der Waals surface area contributed by atoms with Crippen LogP contribution in [0.4, 0.5) is 4.79 Å². The van der Waals surface area contributed by atoms with Crippen molar-refractivity contribution in [1.29, 1.82) is 0 Å². The third-order valence-corrected chi connectivity index (χ3v) is 21.6. The number of carbonyl (C=O) groups is 1. The van der Waals surface area contributed by atoms with Gasteiger partial charge in [0, 0.05) is 139 Å². The summed E-state index contributed by atoms with van der Waals surface area (Å²) in [6.07, 6.45) is 26.1. The Morgan fingerprint density at radius 3 is 1.07 bits per heavy atom. The molecule has 3 aliphatic heterocycles. The minimum atomic E-state index is -0.471. The largest absolute Gasteiger partial charge is 0.444 e. The Kier molecular flexibility index (Phi) is 31.8. The molecule has 0 atom stereocenters. The van der Waals surface area contributed by atoms with Crippen LogP contribution in [-0.2, 0) is 77.5 Å². The highest BCUT2D eigenvalue weighted by Gasteiger charge is 2.41. The molecule has 17 heteroatoms. The highest BCUT2D eigenvalue weighted by molar-refractivity contribution is 5.67. The summed E-state index contributed by atoms with van der Waals surface area (Å²) in [5, 5.41) is 21.7. The van der Waals surface area contributed by atoms with Crippen LogP contribution in [0.2, 0.25) is 0 Å². The maximum atomic E-state index is 12.3. The van der Waals surface area contributed by atoms with Gasteiger partial charge in [-0.05, 0) is 246 Å². The van der Waals surface area contributed by atoms with Gasteiger partial charge in [-0.15, -0.1) is 0 Å². The Labute approximate surface area is 549 Å². The lowest BCUT2D eigenvalue weighted by Crippen LogP contribution is -2.38. The molecule has 2 N–H and O–H groups in total. The zero-order valence-electron chi connectivity index (χ0n) is 58.8. The van der Waals surface area contributed by atoms with Crippen LogP contribution in [0.3, 0.4) is 0 Å². The third-order valence-electron chi connectivity index (χ3n) is 21.6. The van der Waals surface area contributed by atoms with Crippen LogP contribution in [0.15, 0.2) is 0 Å². The molecule has 9 rings (SSSR count). The average molecular weight is 1260 g/mol. The molecule has 1 amide bonds. The van der Waals surface area contributed by atoms with Crippen LogP contribution in [0.5, 0.6) is 0 Å². The fourth-order valence-corrected chi connectivity index (χ4v) is 15.7. The summed E-state index contributed by atoms with van der Waals surface area (Å²) < 4.78 is 30.0. The first-order chi connectivity index (χ1) is 42.3. The van der Waals surface area contributed by atoms with E-state index in [0.717, 1.165) is 118 Å². The van der Waals surface area contributed by atoms with Crippen LogP contribution in [0.1, 0.15) is 261 Å². The summed E-state index contributed by atoms with van der Waals surface area (Å²) >= 11 is 0. The molecule has 6 aliphatic rings. The van der Waals surface area contributed by atoms with Crippen molar-refractivity contribution in [3.8, 4) is 0 Å². The van der Waals surface area contributed by atoms with Gasteiger partial charge in [-0.1, -0.05) is 35.6 Å². The van der Waals surface area contributed by atoms with Crippen molar-refractivity contribution in [3.63, 3.8) is 0 Å². The van der Waals surface area contributed by atoms with Crippen LogP contribution in [-0.4, -0.2) is 182 Å². The Morgan fingerprint density at radius 1 is 0.500 bits per heavy atom. The predicted molar refractivity (Wildman–Crippen MR) is 372 cm³/mol. The maximum absolute atomic E-state index is 12.3. The minimum absolute atomic E-state index is 0. The van der Waals surface area contributed by atoms with Gasteiger partial charge in [0.05, 0.1) is 36.9 Å². The molecule has 17 nitrogen and oxygen atoms in total. The van der Waals surface area contributed by atoms with Crippen LogP contribution >= 0.6 is 0 Å². The molecule has 3 aliphatic carbocycles. The lowest BCUT2D eigenvalue weighted by atomic mass is 9.67. The van der Waals surface area contributed by atoms with Gasteiger partial charge < -0.3 is 34.5 Å². The van der Waals surface area contributed by atoms with E-state index in [9.17, 15) is 4.79 Å². The second kappa shape index (κ2) is 37.0. The fourth-order valence-electron chi connectivity index (χ4n) is 15.7. The van der Waals surface area contributed by atoms with Crippen molar-refractivity contribution in [1.82, 2.24) is 59.6 Å². The van der Waals surface area contributed by atoms with E-state index in [0.29, 0.717) is 40.5 Å². The first-order valence-corrected chi connectivity index (χ1v) is 35.6. The maximum Gasteiger partial charge on any atom is 0.410 e. The fraction of sp³-hybridized carbons (Fsp3) is 0.863. The summed E-state index contributed by atoms with van der Waals surface area (Å²) in [6, 6.07) is 0. The number of amides is 1. The number of aryl methyl sites for hydroxylation is 3. The molecule has 0 spiro atoms. The Bertz CT molecular complexity index is 2420. The van der Waals surface area contributed by atoms with Crippen LogP contribution in [0.25, 0.3) is 0 Å². The van der Waals surface area contributed by atoms with Crippen molar-refractivity contribution < 1.29 is 23.7 Å². The van der Waals surface area contributed by atoms with E-state index in [1.54, 1.807) is 27.4 Å². The predicted octanol–water partition coefficient (Wildman–Crippen LogP) is 13.6. The summed E-state index contributed by atoms with van der Waals surface area (Å²) in [5.74, 6) is 2.00. The van der Waals surface area contributed by atoms with Crippen LogP contribution < -0.4 is 10.6 Å². The molecule has 0 unspecified atom stereocenters. The van der Waals surface area contributed by atoms with Crippen molar-refractivity contribution in [2.45, 2.75) is 275 Å². The number of likely N-dealkylation sites (N-methyl/N-ethyl adjacent to an activating group) is 6. The summed E-state index contributed by atoms with van der Waals surface area (Å²) in [7, 11) is 12.4. The number of rotatable bonds is 30. The van der Waals surface area contributed by atoms with E-state index >= 15 is 0 Å². The number of nitrogens with zero attached hydrogens (tertiary/aromatic N) is 10. The number of carbonyl (C=O) groups excluding carboxylic acids is 1. The molecule has 3 aromatic rings. The number of ether oxygens (including phenoxy) is 4. The van der Waals surface area contributed by atoms with Gasteiger partial charge >= 0.3 is 6.09 Å². The number of fused-ring (bicyclic) bond motifs is 3. The molecule has 518 valence electrons. The molecule has 3 aromatic heterocycles. The quantitative estimate of drug-likeness (QED) is 0.0654. The van der Waals surface area contributed by atoms with Crippen molar-refractivity contribution in [3.05, 3.63) is 50.9 Å². The molecule has 0 bridgehead atoms. The highest BCUT2D eigenvalue weighted by atomic mass is 16.6. The van der Waals surface area contributed by atoms with E-state index in [1.807, 2.05) is 41.9 Å². The average Bonchev–Trinajstić information content (AvgIpc) is 1.67. The van der Waals surface area contributed by atoms with Crippen LogP contribution in [0, 0.1) is 16.2 Å². The molecule has 0 saturated heterocycles. The summed E-state index contributed by atoms with van der Waals surface area (Å²) in [4.78, 5) is 21.1. The Balaban J connectivity index is 0.000000245. The van der Waals surface area contributed by atoms with E-state index in [1.165, 1.54) is 157 Å². The SMILES string of the molecule is C.C.CCOCC1(CC)CCC(c2c(CN(C)CCN(C)C(=O)OC(C)(C)C)nn3c2CCC3)CC1.CCOCC1(CC)CCC(c2c(CN(C)CCNC)nn3c2CCC3)CC1.CCOCC1(CC)CCC(c2c(CN(C)CCNC)nn3c2CCC3)CC1. The molecular weight excluding hydrogens is 1120 g/mol. The smallest absolute Gasteiger partial charge is 0.410 e. The summed E-state index contributed by atoms with van der Waals surface area (Å²) in [6.45, 7) is 36.0. The topological polar surface area (TPSA) is 144 Å². The number of hydrogen-bond acceptors (Lipinski definition) is 13. The van der Waals surface area contributed by atoms with E-state index in [4.69, 9.17) is 34.2 Å². The third kappa shape index (κ3) is 20.8. The number of nitrogens with one attached hydrogen (secondary N) is 2. The van der Waals surface area contributed by atoms with Gasteiger partial charge in [-0.3, -0.25) is 28.7 Å². The van der Waals surface area contributed by atoms with Gasteiger partial charge in [0.2, 0.25) is 0 Å². The van der Waals surface area contributed by atoms with Gasteiger partial charge in [0.25, 0.3) is 0 Å². The highest BCUT2D eigenvalue weighted by Crippen LogP contribution is 2.50. The molecule has 3 saturated carbocycles. The van der Waals surface area contributed by atoms with E-state index in [2.05, 4.69) is 102 Å².